The van der Waals surface area contributed by atoms with Gasteiger partial charge in [-0.05, 0) is 64.0 Å². The first kappa shape index (κ1) is 36.7. The fourth-order valence-corrected chi connectivity index (χ4v) is 5.67. The summed E-state index contributed by atoms with van der Waals surface area (Å²) in [6.07, 6.45) is -5.95. The fraction of sp³-hybridized carbons (Fsp3) is 0.667. The number of rotatable bonds is 4. The lowest BCUT2D eigenvalue weighted by molar-refractivity contribution is -0.193. The zero-order chi connectivity index (χ0) is 33.5. The number of fused-ring (bicyclic) bond motifs is 1. The van der Waals surface area contributed by atoms with Crippen LogP contribution in [-0.2, 0) is 15.0 Å². The van der Waals surface area contributed by atoms with Crippen LogP contribution in [0.5, 0.6) is 11.5 Å². The van der Waals surface area contributed by atoms with Gasteiger partial charge in [-0.25, -0.2) is 14.4 Å². The Morgan fingerprint density at radius 2 is 1.39 bits per heavy atom. The van der Waals surface area contributed by atoms with Gasteiger partial charge in [-0.1, -0.05) is 6.07 Å². The molecular weight excluding hydrogens is 606 g/mol. The van der Waals surface area contributed by atoms with Crippen molar-refractivity contribution in [3.05, 3.63) is 23.8 Å². The van der Waals surface area contributed by atoms with Crippen molar-refractivity contribution in [3.63, 3.8) is 0 Å². The van der Waals surface area contributed by atoms with Crippen LogP contribution in [0.25, 0.3) is 0 Å². The van der Waals surface area contributed by atoms with Crippen LogP contribution < -0.4 is 14.8 Å². The lowest BCUT2D eigenvalue weighted by atomic mass is 9.65. The molecule has 0 spiro atoms. The average Bonchev–Trinajstić information content (AvgIpc) is 3.29. The van der Waals surface area contributed by atoms with Gasteiger partial charge in [0.05, 0.1) is 14.2 Å². The molecule has 17 heteroatoms. The molecule has 3 N–H and O–H groups in total. The molecule has 0 unspecified atom stereocenters. The Morgan fingerprint density at radius 1 is 0.864 bits per heavy atom. The number of aliphatic carboxylic acids is 2. The molecule has 1 aromatic rings. The molecule has 44 heavy (non-hydrogen) atoms. The molecule has 3 aliphatic rings. The summed E-state index contributed by atoms with van der Waals surface area (Å²) >= 11 is 0. The van der Waals surface area contributed by atoms with E-state index in [1.54, 1.807) is 14.2 Å². The molecule has 3 atom stereocenters. The largest absolute Gasteiger partial charge is 0.493 e. The van der Waals surface area contributed by atoms with E-state index in [9.17, 15) is 31.1 Å². The van der Waals surface area contributed by atoms with Crippen LogP contribution in [-0.4, -0.2) is 128 Å². The first-order chi connectivity index (χ1) is 20.3. The number of methoxy groups -OCH3 is 2. The summed E-state index contributed by atoms with van der Waals surface area (Å²) in [5.74, 6) is -3.95. The topological polar surface area (TPSA) is 132 Å². The number of benzene rings is 1. The Labute approximate surface area is 250 Å². The summed E-state index contributed by atoms with van der Waals surface area (Å²) in [4.78, 5) is 37.3. The van der Waals surface area contributed by atoms with Gasteiger partial charge in [0, 0.05) is 43.7 Å². The SMILES string of the molecule is COc1ccc([C@@]23CC[C@@H](NC(=O)N4CCN(C)CC4)C[C@@H]2N(C)CC3)cc1OC.O=C(O)C(F)(F)F.O=C(O)C(F)(F)F. The van der Waals surface area contributed by atoms with Crippen LogP contribution in [0.4, 0.5) is 31.1 Å². The van der Waals surface area contributed by atoms with Crippen molar-refractivity contribution in [2.45, 2.75) is 55.5 Å². The zero-order valence-electron chi connectivity index (χ0n) is 24.8. The molecule has 0 bridgehead atoms. The van der Waals surface area contributed by atoms with Crippen molar-refractivity contribution in [2.75, 3.05) is 61.0 Å². The molecule has 2 heterocycles. The van der Waals surface area contributed by atoms with Crippen molar-refractivity contribution in [1.82, 2.24) is 20.0 Å². The first-order valence-electron chi connectivity index (χ1n) is 13.6. The quantitative estimate of drug-likeness (QED) is 0.422. The maximum Gasteiger partial charge on any atom is 0.490 e. The molecule has 250 valence electrons. The second-order valence-corrected chi connectivity index (χ2v) is 10.8. The number of hydrogen-bond donors (Lipinski definition) is 3. The van der Waals surface area contributed by atoms with E-state index in [1.165, 1.54) is 5.56 Å². The lowest BCUT2D eigenvalue weighted by Gasteiger charge is -2.45. The fourth-order valence-electron chi connectivity index (χ4n) is 5.67. The first-order valence-corrected chi connectivity index (χ1v) is 13.6. The van der Waals surface area contributed by atoms with Crippen molar-refractivity contribution < 1.29 is 60.4 Å². The Hall–Kier alpha value is -3.47. The Morgan fingerprint density at radius 3 is 1.86 bits per heavy atom. The number of halogens is 6. The number of carboxylic acids is 2. The molecule has 3 fully saturated rings. The maximum atomic E-state index is 12.8. The number of likely N-dealkylation sites (N-methyl/N-ethyl adjacent to an activating group) is 2. The third-order valence-electron chi connectivity index (χ3n) is 8.09. The highest BCUT2D eigenvalue weighted by molar-refractivity contribution is 5.75. The van der Waals surface area contributed by atoms with E-state index in [4.69, 9.17) is 29.3 Å². The van der Waals surface area contributed by atoms with E-state index in [-0.39, 0.29) is 17.5 Å². The molecule has 0 radical (unpaired) electrons. The Kier molecular flexibility index (Phi) is 12.5. The van der Waals surface area contributed by atoms with Crippen molar-refractivity contribution in [3.8, 4) is 11.5 Å². The van der Waals surface area contributed by atoms with Crippen LogP contribution in [0.2, 0.25) is 0 Å². The molecule has 1 aromatic carbocycles. The van der Waals surface area contributed by atoms with E-state index in [2.05, 4.69) is 41.3 Å². The highest BCUT2D eigenvalue weighted by Gasteiger charge is 2.51. The monoisotopic (exact) mass is 644 g/mol. The van der Waals surface area contributed by atoms with Gasteiger partial charge in [0.25, 0.3) is 0 Å². The normalized spacial score (nSPS) is 24.1. The van der Waals surface area contributed by atoms with Crippen molar-refractivity contribution in [1.29, 1.82) is 0 Å². The molecule has 1 aliphatic carbocycles. The maximum absolute atomic E-state index is 12.8. The van der Waals surface area contributed by atoms with Gasteiger partial charge in [-0.3, -0.25) is 0 Å². The number of carbonyl (C=O) groups excluding carboxylic acids is 1. The van der Waals surface area contributed by atoms with E-state index in [1.807, 2.05) is 11.0 Å². The molecule has 1 saturated carbocycles. The standard InChI is InChI=1S/C23H36N4O3.2C2HF3O2/c1-25-11-13-27(14-12-25)22(28)24-18-7-8-23(9-10-26(2)21(23)16-18)17-5-6-19(29-3)20(15-17)30-4;2*3-2(4,5)1(6)7/h5-6,15,18,21H,7-14,16H2,1-4H3,(H,24,28);2*(H,6,7)/t18-,21+,23+;;/m1../s1. The van der Waals surface area contributed by atoms with Gasteiger partial charge in [0.15, 0.2) is 11.5 Å². The van der Waals surface area contributed by atoms with Gasteiger partial charge in [0.2, 0.25) is 0 Å². The lowest BCUT2D eigenvalue weighted by Crippen LogP contribution is -2.56. The second kappa shape index (κ2) is 15.0. The zero-order valence-corrected chi connectivity index (χ0v) is 24.8. The third kappa shape index (κ3) is 9.51. The Balaban J connectivity index is 0.000000402. The average molecular weight is 645 g/mol. The number of alkyl halides is 6. The number of piperazine rings is 1. The molecule has 2 amide bonds. The van der Waals surface area contributed by atoms with Gasteiger partial charge < -0.3 is 39.7 Å². The number of ether oxygens (including phenoxy) is 2. The highest BCUT2D eigenvalue weighted by Crippen LogP contribution is 2.49. The van der Waals surface area contributed by atoms with Gasteiger partial charge in [0.1, 0.15) is 0 Å². The van der Waals surface area contributed by atoms with Crippen LogP contribution in [0.15, 0.2) is 18.2 Å². The number of urea groups is 1. The number of carboxylic acid groups (broad SMARTS) is 2. The van der Waals surface area contributed by atoms with Crippen LogP contribution in [0.3, 0.4) is 0 Å². The minimum atomic E-state index is -5.08. The second-order valence-electron chi connectivity index (χ2n) is 10.8. The number of nitrogens with zero attached hydrogens (tertiary/aromatic N) is 3. The van der Waals surface area contributed by atoms with Crippen molar-refractivity contribution in [2.24, 2.45) is 0 Å². The summed E-state index contributed by atoms with van der Waals surface area (Å²) in [7, 11) is 7.70. The highest BCUT2D eigenvalue weighted by atomic mass is 19.4. The minimum absolute atomic E-state index is 0.104. The van der Waals surface area contributed by atoms with Crippen LogP contribution >= 0.6 is 0 Å². The third-order valence-corrected chi connectivity index (χ3v) is 8.09. The van der Waals surface area contributed by atoms with Gasteiger partial charge >= 0.3 is 30.3 Å². The number of amides is 2. The molecule has 2 saturated heterocycles. The smallest absolute Gasteiger partial charge is 0.490 e. The van der Waals surface area contributed by atoms with E-state index >= 15 is 0 Å². The molecule has 11 nitrogen and oxygen atoms in total. The summed E-state index contributed by atoms with van der Waals surface area (Å²) in [6.45, 7) is 4.61. The summed E-state index contributed by atoms with van der Waals surface area (Å²) in [6, 6.07) is 7.15. The summed E-state index contributed by atoms with van der Waals surface area (Å²) < 4.78 is 74.5. The predicted octanol–water partition coefficient (Wildman–Crippen LogP) is 3.42. The van der Waals surface area contributed by atoms with Crippen LogP contribution in [0, 0.1) is 0 Å². The van der Waals surface area contributed by atoms with Crippen molar-refractivity contribution >= 4 is 18.0 Å². The van der Waals surface area contributed by atoms with E-state index in [0.29, 0.717) is 6.04 Å². The predicted molar refractivity (Wildman–Crippen MR) is 145 cm³/mol. The van der Waals surface area contributed by atoms with E-state index in [0.717, 1.165) is 69.9 Å². The number of likely N-dealkylation sites (tertiary alicyclic amines) is 1. The van der Waals surface area contributed by atoms with E-state index < -0.39 is 24.3 Å². The number of hydrogen-bond acceptors (Lipinski definition) is 7. The number of carbonyl (C=O) groups is 3. The van der Waals surface area contributed by atoms with Gasteiger partial charge in [-0.2, -0.15) is 26.3 Å². The summed E-state index contributed by atoms with van der Waals surface area (Å²) in [5.41, 5.74) is 1.45. The minimum Gasteiger partial charge on any atom is -0.493 e. The molecule has 2 aliphatic heterocycles. The Bertz CT molecular complexity index is 1120. The molecule has 0 aromatic heterocycles. The van der Waals surface area contributed by atoms with Crippen LogP contribution in [0.1, 0.15) is 31.2 Å². The molecular formula is C27H38F6N4O7. The molecule has 4 rings (SSSR count). The summed E-state index contributed by atoms with van der Waals surface area (Å²) in [5, 5.41) is 17.6. The number of nitrogens with one attached hydrogen (secondary N) is 1. The van der Waals surface area contributed by atoms with Gasteiger partial charge in [-0.15, -0.1) is 0 Å².